The second-order valence-electron chi connectivity index (χ2n) is 6.66. The average molecular weight is 272 g/mol. The normalized spacial score (nSPS) is 28.1. The summed E-state index contributed by atoms with van der Waals surface area (Å²) >= 11 is 0. The summed E-state index contributed by atoms with van der Waals surface area (Å²) in [6.45, 7) is 4.39. The summed E-state index contributed by atoms with van der Waals surface area (Å²) in [5, 5.41) is 3.45. The second kappa shape index (κ2) is 4.90. The first kappa shape index (κ1) is 12.4. The Kier molecular flexibility index (Phi) is 3.04. The molecule has 1 N–H and O–H groups in total. The number of nitrogens with zero attached hydrogens (tertiary/aromatic N) is 3. The van der Waals surface area contributed by atoms with Crippen LogP contribution in [-0.4, -0.2) is 29.1 Å². The lowest BCUT2D eigenvalue weighted by molar-refractivity contribution is 0.549. The Morgan fingerprint density at radius 1 is 1.25 bits per heavy atom. The number of hydrogen-bond donors (Lipinski definition) is 1. The molecule has 2 aliphatic carbocycles. The van der Waals surface area contributed by atoms with Gasteiger partial charge in [-0.25, -0.2) is 9.97 Å². The van der Waals surface area contributed by atoms with Gasteiger partial charge < -0.3 is 10.2 Å². The number of aromatic nitrogens is 2. The van der Waals surface area contributed by atoms with Crippen LogP contribution < -0.4 is 10.2 Å². The van der Waals surface area contributed by atoms with Crippen molar-refractivity contribution in [3.8, 4) is 0 Å². The maximum atomic E-state index is 4.88. The van der Waals surface area contributed by atoms with E-state index in [4.69, 9.17) is 9.97 Å². The van der Waals surface area contributed by atoms with Gasteiger partial charge in [0.05, 0.1) is 0 Å². The van der Waals surface area contributed by atoms with E-state index in [0.717, 1.165) is 36.6 Å². The van der Waals surface area contributed by atoms with Gasteiger partial charge in [-0.2, -0.15) is 0 Å². The third kappa shape index (κ3) is 2.25. The van der Waals surface area contributed by atoms with Crippen LogP contribution in [0, 0.1) is 5.92 Å². The van der Waals surface area contributed by atoms with E-state index >= 15 is 0 Å². The zero-order chi connectivity index (χ0) is 13.5. The molecule has 20 heavy (non-hydrogen) atoms. The van der Waals surface area contributed by atoms with E-state index in [0.29, 0.717) is 5.92 Å². The molecule has 1 saturated heterocycles. The van der Waals surface area contributed by atoms with Crippen molar-refractivity contribution in [1.82, 2.24) is 9.97 Å². The molecule has 0 spiro atoms. The Morgan fingerprint density at radius 3 is 2.80 bits per heavy atom. The van der Waals surface area contributed by atoms with Gasteiger partial charge in [0, 0.05) is 31.1 Å². The molecule has 1 aromatic heterocycles. The van der Waals surface area contributed by atoms with Crippen LogP contribution in [0.5, 0.6) is 0 Å². The van der Waals surface area contributed by atoms with Gasteiger partial charge in [0.25, 0.3) is 0 Å². The minimum atomic E-state index is 0.622. The monoisotopic (exact) mass is 272 g/mol. The number of anilines is 2. The maximum Gasteiger partial charge on any atom is 0.136 e. The summed E-state index contributed by atoms with van der Waals surface area (Å²) in [5.74, 6) is 4.81. The number of fused-ring (bicyclic) bond motifs is 2. The molecule has 4 nitrogen and oxygen atoms in total. The lowest BCUT2D eigenvalue weighted by Gasteiger charge is -2.28. The number of rotatable bonds is 5. The first-order valence-electron chi connectivity index (χ1n) is 8.23. The maximum absolute atomic E-state index is 4.88. The molecule has 4 heteroatoms. The minimum Gasteiger partial charge on any atom is -0.370 e. The van der Waals surface area contributed by atoms with Crippen molar-refractivity contribution >= 4 is 11.6 Å². The van der Waals surface area contributed by atoms with Crippen molar-refractivity contribution in [1.29, 1.82) is 0 Å². The van der Waals surface area contributed by atoms with E-state index < -0.39 is 0 Å². The Balaban J connectivity index is 1.62. The van der Waals surface area contributed by atoms with Crippen LogP contribution in [0.25, 0.3) is 0 Å². The van der Waals surface area contributed by atoms with Crippen LogP contribution in [0.2, 0.25) is 0 Å². The SMILES string of the molecule is CCCNc1cc(N2CC3CCC2C3)nc(C2CC2)n1. The lowest BCUT2D eigenvalue weighted by Crippen LogP contribution is -2.33. The number of nitrogens with one attached hydrogen (secondary N) is 1. The van der Waals surface area contributed by atoms with Crippen LogP contribution >= 0.6 is 0 Å². The van der Waals surface area contributed by atoms with Crippen molar-refractivity contribution in [3.63, 3.8) is 0 Å². The van der Waals surface area contributed by atoms with E-state index in [2.05, 4.69) is 23.2 Å². The molecular formula is C16H24N4. The Morgan fingerprint density at radius 2 is 2.15 bits per heavy atom. The molecular weight excluding hydrogens is 248 g/mol. The molecule has 3 aliphatic rings. The van der Waals surface area contributed by atoms with Gasteiger partial charge >= 0.3 is 0 Å². The van der Waals surface area contributed by atoms with Crippen LogP contribution in [0.4, 0.5) is 11.6 Å². The van der Waals surface area contributed by atoms with Crippen LogP contribution in [0.1, 0.15) is 57.2 Å². The van der Waals surface area contributed by atoms with E-state index in [-0.39, 0.29) is 0 Å². The lowest BCUT2D eigenvalue weighted by atomic mass is 10.1. The predicted octanol–water partition coefficient (Wildman–Crippen LogP) is 3.16. The van der Waals surface area contributed by atoms with Gasteiger partial charge in [0.1, 0.15) is 17.5 Å². The summed E-state index contributed by atoms with van der Waals surface area (Å²) in [5.41, 5.74) is 0. The highest BCUT2D eigenvalue weighted by Gasteiger charge is 2.39. The fourth-order valence-corrected chi connectivity index (χ4v) is 3.67. The zero-order valence-corrected chi connectivity index (χ0v) is 12.3. The standard InChI is InChI=1S/C16H24N4/c1-2-7-17-14-9-15(19-16(18-14)12-4-5-12)20-10-11-3-6-13(20)8-11/h9,11-13H,2-8,10H2,1H3,(H,17,18,19). The van der Waals surface area contributed by atoms with Gasteiger partial charge in [-0.15, -0.1) is 0 Å². The quantitative estimate of drug-likeness (QED) is 0.894. The Labute approximate surface area is 121 Å². The summed E-state index contributed by atoms with van der Waals surface area (Å²) in [6, 6.07) is 2.91. The Bertz CT molecular complexity index is 497. The molecule has 3 fully saturated rings. The van der Waals surface area contributed by atoms with Crippen molar-refractivity contribution in [2.75, 3.05) is 23.3 Å². The van der Waals surface area contributed by atoms with Crippen LogP contribution in [0.15, 0.2) is 6.07 Å². The predicted molar refractivity (Wildman–Crippen MR) is 81.3 cm³/mol. The molecule has 2 bridgehead atoms. The van der Waals surface area contributed by atoms with E-state index in [1.807, 2.05) is 0 Å². The second-order valence-corrected chi connectivity index (χ2v) is 6.66. The highest BCUT2D eigenvalue weighted by atomic mass is 15.3. The minimum absolute atomic E-state index is 0.622. The van der Waals surface area contributed by atoms with Crippen molar-refractivity contribution < 1.29 is 0 Å². The fraction of sp³-hybridized carbons (Fsp3) is 0.750. The molecule has 0 radical (unpaired) electrons. The number of piperidine rings is 1. The number of hydrogen-bond acceptors (Lipinski definition) is 4. The molecule has 1 aromatic rings. The van der Waals surface area contributed by atoms with Gasteiger partial charge in [-0.05, 0) is 44.4 Å². The highest BCUT2D eigenvalue weighted by molar-refractivity contribution is 5.52. The summed E-state index contributed by atoms with van der Waals surface area (Å²) in [4.78, 5) is 12.1. The van der Waals surface area contributed by atoms with E-state index in [1.54, 1.807) is 0 Å². The van der Waals surface area contributed by atoms with Gasteiger partial charge in [0.2, 0.25) is 0 Å². The van der Waals surface area contributed by atoms with Crippen LogP contribution in [-0.2, 0) is 0 Å². The molecule has 1 aliphatic heterocycles. The van der Waals surface area contributed by atoms with Gasteiger partial charge in [0.15, 0.2) is 0 Å². The van der Waals surface area contributed by atoms with Gasteiger partial charge in [-0.3, -0.25) is 0 Å². The third-order valence-electron chi connectivity index (χ3n) is 4.93. The highest BCUT2D eigenvalue weighted by Crippen LogP contribution is 2.42. The fourth-order valence-electron chi connectivity index (χ4n) is 3.67. The average Bonchev–Trinajstić information content (AvgIpc) is 3.12. The Hall–Kier alpha value is -1.32. The third-order valence-corrected chi connectivity index (χ3v) is 4.93. The summed E-state index contributed by atoms with van der Waals surface area (Å²) < 4.78 is 0. The first-order valence-corrected chi connectivity index (χ1v) is 8.23. The summed E-state index contributed by atoms with van der Waals surface area (Å²) in [6.07, 6.45) is 7.81. The molecule has 0 amide bonds. The largest absolute Gasteiger partial charge is 0.370 e. The van der Waals surface area contributed by atoms with Gasteiger partial charge in [-0.1, -0.05) is 6.92 Å². The summed E-state index contributed by atoms with van der Waals surface area (Å²) in [7, 11) is 0. The molecule has 4 rings (SSSR count). The topological polar surface area (TPSA) is 41.0 Å². The molecule has 2 unspecified atom stereocenters. The van der Waals surface area contributed by atoms with Crippen molar-refractivity contribution in [2.45, 2.75) is 57.4 Å². The molecule has 0 aromatic carbocycles. The van der Waals surface area contributed by atoms with E-state index in [1.165, 1.54) is 44.5 Å². The van der Waals surface area contributed by atoms with E-state index in [9.17, 15) is 0 Å². The molecule has 2 atom stereocenters. The molecule has 108 valence electrons. The molecule has 2 heterocycles. The zero-order valence-electron chi connectivity index (χ0n) is 12.3. The smallest absolute Gasteiger partial charge is 0.136 e. The van der Waals surface area contributed by atoms with Crippen LogP contribution in [0.3, 0.4) is 0 Å². The van der Waals surface area contributed by atoms with Crippen molar-refractivity contribution in [2.24, 2.45) is 5.92 Å². The molecule has 2 saturated carbocycles. The van der Waals surface area contributed by atoms with Crippen molar-refractivity contribution in [3.05, 3.63) is 11.9 Å². The first-order chi connectivity index (χ1) is 9.83.